The van der Waals surface area contributed by atoms with Crippen molar-refractivity contribution in [3.05, 3.63) is 35.4 Å². The second kappa shape index (κ2) is 8.80. The second-order valence-corrected chi connectivity index (χ2v) is 5.65. The van der Waals surface area contributed by atoms with E-state index in [0.717, 1.165) is 38.1 Å². The van der Waals surface area contributed by atoms with Gasteiger partial charge in [-0.1, -0.05) is 17.7 Å². The highest BCUT2D eigenvalue weighted by molar-refractivity contribution is 5.94. The molecule has 21 heavy (non-hydrogen) atoms. The van der Waals surface area contributed by atoms with E-state index in [0.29, 0.717) is 12.6 Å². The highest BCUT2D eigenvalue weighted by Crippen LogP contribution is 2.16. The van der Waals surface area contributed by atoms with E-state index in [9.17, 15) is 4.79 Å². The average molecular weight is 290 g/mol. The molecule has 1 aromatic carbocycles. The molecule has 0 aliphatic carbocycles. The number of carbonyl (C=O) groups excluding carboxylic acids is 1. The van der Waals surface area contributed by atoms with E-state index in [2.05, 4.69) is 10.6 Å². The van der Waals surface area contributed by atoms with E-state index in [1.165, 1.54) is 18.4 Å². The summed E-state index contributed by atoms with van der Waals surface area (Å²) in [6.45, 7) is 5.40. The zero-order valence-electron chi connectivity index (χ0n) is 12.9. The lowest BCUT2D eigenvalue weighted by Gasteiger charge is -2.10. The summed E-state index contributed by atoms with van der Waals surface area (Å²) < 4.78 is 5.58. The van der Waals surface area contributed by atoms with E-state index in [-0.39, 0.29) is 5.91 Å². The van der Waals surface area contributed by atoms with Crippen LogP contribution in [0.5, 0.6) is 0 Å². The molecule has 2 N–H and O–H groups in total. The lowest BCUT2D eigenvalue weighted by molar-refractivity contribution is 0.0954. The molecule has 1 amide bonds. The van der Waals surface area contributed by atoms with Crippen molar-refractivity contribution in [1.29, 1.82) is 0 Å². The molecule has 2 rings (SSSR count). The zero-order valence-corrected chi connectivity index (χ0v) is 12.9. The zero-order chi connectivity index (χ0) is 14.9. The van der Waals surface area contributed by atoms with Crippen molar-refractivity contribution < 1.29 is 9.53 Å². The molecule has 0 saturated carbocycles. The van der Waals surface area contributed by atoms with Gasteiger partial charge in [-0.25, -0.2) is 0 Å². The summed E-state index contributed by atoms with van der Waals surface area (Å²) in [6, 6.07) is 7.63. The van der Waals surface area contributed by atoms with Gasteiger partial charge in [-0.05, 0) is 51.3 Å². The van der Waals surface area contributed by atoms with Crippen molar-refractivity contribution in [2.75, 3.05) is 26.2 Å². The summed E-state index contributed by atoms with van der Waals surface area (Å²) in [5, 5.41) is 6.28. The Morgan fingerprint density at radius 3 is 2.76 bits per heavy atom. The number of amides is 1. The van der Waals surface area contributed by atoms with Gasteiger partial charge in [-0.3, -0.25) is 4.79 Å². The van der Waals surface area contributed by atoms with Crippen molar-refractivity contribution in [3.8, 4) is 0 Å². The molecule has 0 radical (unpaired) electrons. The highest BCUT2D eigenvalue weighted by Gasteiger charge is 2.14. The van der Waals surface area contributed by atoms with Crippen LogP contribution in [0.3, 0.4) is 0 Å². The molecule has 4 heteroatoms. The van der Waals surface area contributed by atoms with Crippen molar-refractivity contribution in [1.82, 2.24) is 10.6 Å². The van der Waals surface area contributed by atoms with Crippen LogP contribution in [-0.2, 0) is 4.74 Å². The minimum Gasteiger partial charge on any atom is -0.378 e. The molecule has 1 fully saturated rings. The molecule has 0 spiro atoms. The molecule has 1 aliphatic heterocycles. The molecule has 116 valence electrons. The molecule has 1 aliphatic rings. The summed E-state index contributed by atoms with van der Waals surface area (Å²) in [5.74, 6) is -0.00356. The van der Waals surface area contributed by atoms with E-state index >= 15 is 0 Å². The van der Waals surface area contributed by atoms with Crippen LogP contribution < -0.4 is 10.6 Å². The Morgan fingerprint density at radius 2 is 2.05 bits per heavy atom. The molecular weight excluding hydrogens is 264 g/mol. The molecule has 4 nitrogen and oxygen atoms in total. The summed E-state index contributed by atoms with van der Waals surface area (Å²) in [4.78, 5) is 11.9. The van der Waals surface area contributed by atoms with Crippen LogP contribution in [0.1, 0.15) is 41.6 Å². The van der Waals surface area contributed by atoms with Crippen LogP contribution in [-0.4, -0.2) is 38.3 Å². The first-order chi connectivity index (χ1) is 10.3. The van der Waals surface area contributed by atoms with E-state index < -0.39 is 0 Å². The molecule has 1 aromatic rings. The number of nitrogens with one attached hydrogen (secondary N) is 2. The van der Waals surface area contributed by atoms with Gasteiger partial charge in [0, 0.05) is 25.3 Å². The summed E-state index contributed by atoms with van der Waals surface area (Å²) in [5.41, 5.74) is 1.89. The number of benzene rings is 1. The lowest BCUT2D eigenvalue weighted by atomic mass is 10.1. The summed E-state index contributed by atoms with van der Waals surface area (Å²) >= 11 is 0. The Hall–Kier alpha value is -1.39. The normalized spacial score (nSPS) is 17.9. The first kappa shape index (κ1) is 16.0. The SMILES string of the molecule is Cc1ccc(C(=O)NCCNCCCC2CCCO2)cc1. The monoisotopic (exact) mass is 290 g/mol. The van der Waals surface area contributed by atoms with Gasteiger partial charge >= 0.3 is 0 Å². The highest BCUT2D eigenvalue weighted by atomic mass is 16.5. The predicted octanol–water partition coefficient (Wildman–Crippen LogP) is 2.27. The third kappa shape index (κ3) is 5.86. The number of carbonyl (C=O) groups is 1. The van der Waals surface area contributed by atoms with Crippen molar-refractivity contribution in [3.63, 3.8) is 0 Å². The summed E-state index contributed by atoms with van der Waals surface area (Å²) in [7, 11) is 0. The van der Waals surface area contributed by atoms with Crippen molar-refractivity contribution >= 4 is 5.91 Å². The van der Waals surface area contributed by atoms with Gasteiger partial charge in [-0.15, -0.1) is 0 Å². The fourth-order valence-corrected chi connectivity index (χ4v) is 2.52. The first-order valence-electron chi connectivity index (χ1n) is 7.93. The molecule has 1 unspecified atom stereocenters. The maximum atomic E-state index is 11.9. The molecule has 0 aromatic heterocycles. The van der Waals surface area contributed by atoms with Crippen LogP contribution in [0.25, 0.3) is 0 Å². The Balaban J connectivity index is 1.49. The predicted molar refractivity (Wildman–Crippen MR) is 84.6 cm³/mol. The maximum Gasteiger partial charge on any atom is 0.251 e. The average Bonchev–Trinajstić information content (AvgIpc) is 3.00. The topological polar surface area (TPSA) is 50.4 Å². The van der Waals surface area contributed by atoms with Crippen LogP contribution in [0.4, 0.5) is 0 Å². The first-order valence-corrected chi connectivity index (χ1v) is 7.93. The fourth-order valence-electron chi connectivity index (χ4n) is 2.52. The number of hydrogen-bond donors (Lipinski definition) is 2. The van der Waals surface area contributed by atoms with Crippen molar-refractivity contribution in [2.24, 2.45) is 0 Å². The van der Waals surface area contributed by atoms with Gasteiger partial charge in [0.25, 0.3) is 5.91 Å². The third-order valence-corrected chi connectivity index (χ3v) is 3.80. The van der Waals surface area contributed by atoms with Crippen LogP contribution >= 0.6 is 0 Å². The van der Waals surface area contributed by atoms with Gasteiger partial charge in [0.15, 0.2) is 0 Å². The smallest absolute Gasteiger partial charge is 0.251 e. The Bertz CT molecular complexity index is 425. The van der Waals surface area contributed by atoms with Crippen LogP contribution in [0.2, 0.25) is 0 Å². The minimum atomic E-state index is -0.00356. The van der Waals surface area contributed by atoms with Crippen LogP contribution in [0.15, 0.2) is 24.3 Å². The Labute approximate surface area is 127 Å². The number of hydrogen-bond acceptors (Lipinski definition) is 3. The van der Waals surface area contributed by atoms with Crippen LogP contribution in [0, 0.1) is 6.92 Å². The fraction of sp³-hybridized carbons (Fsp3) is 0.588. The van der Waals surface area contributed by atoms with Gasteiger partial charge in [0.2, 0.25) is 0 Å². The number of rotatable bonds is 8. The largest absolute Gasteiger partial charge is 0.378 e. The molecule has 0 bridgehead atoms. The van der Waals surface area contributed by atoms with E-state index in [1.54, 1.807) is 0 Å². The van der Waals surface area contributed by atoms with Gasteiger partial charge in [0.05, 0.1) is 6.10 Å². The molecule has 1 heterocycles. The number of aryl methyl sites for hydroxylation is 1. The van der Waals surface area contributed by atoms with Gasteiger partial charge < -0.3 is 15.4 Å². The molecule has 1 atom stereocenters. The Kier molecular flexibility index (Phi) is 6.70. The minimum absolute atomic E-state index is 0.00356. The Morgan fingerprint density at radius 1 is 1.24 bits per heavy atom. The van der Waals surface area contributed by atoms with Crippen molar-refractivity contribution in [2.45, 2.75) is 38.7 Å². The molecular formula is C17H26N2O2. The standard InChI is InChI=1S/C17H26N2O2/c1-14-6-8-15(9-7-14)17(20)19-12-11-18-10-2-4-16-5-3-13-21-16/h6-9,16,18H,2-5,10-13H2,1H3,(H,19,20). The maximum absolute atomic E-state index is 11.9. The lowest BCUT2D eigenvalue weighted by Crippen LogP contribution is -2.32. The van der Waals surface area contributed by atoms with E-state index in [4.69, 9.17) is 4.74 Å². The van der Waals surface area contributed by atoms with E-state index in [1.807, 2.05) is 31.2 Å². The third-order valence-electron chi connectivity index (χ3n) is 3.80. The van der Waals surface area contributed by atoms with Gasteiger partial charge in [0.1, 0.15) is 0 Å². The quantitative estimate of drug-likeness (QED) is 0.722. The molecule has 1 saturated heterocycles. The number of ether oxygens (including phenoxy) is 1. The van der Waals surface area contributed by atoms with Gasteiger partial charge in [-0.2, -0.15) is 0 Å². The summed E-state index contributed by atoms with van der Waals surface area (Å²) in [6.07, 6.45) is 5.18. The second-order valence-electron chi connectivity index (χ2n) is 5.65.